The highest BCUT2D eigenvalue weighted by Gasteiger charge is 2.34. The summed E-state index contributed by atoms with van der Waals surface area (Å²) in [6.07, 6.45) is 8.34. The van der Waals surface area contributed by atoms with E-state index in [2.05, 4.69) is 20.4 Å². The zero-order valence-corrected chi connectivity index (χ0v) is 14.0. The Balaban J connectivity index is 1.77. The van der Waals surface area contributed by atoms with E-state index in [1.165, 1.54) is 30.6 Å². The maximum atomic E-state index is 12.0. The molecule has 2 aliphatic carbocycles. The van der Waals surface area contributed by atoms with E-state index in [4.69, 9.17) is 0 Å². The molecular formula is C21H24O2. The average Bonchev–Trinajstić information content (AvgIpc) is 2.50. The van der Waals surface area contributed by atoms with Crippen LogP contribution in [0.3, 0.4) is 0 Å². The van der Waals surface area contributed by atoms with Crippen LogP contribution in [0.1, 0.15) is 65.8 Å². The van der Waals surface area contributed by atoms with Crippen LogP contribution in [-0.2, 0) is 6.42 Å². The number of allylic oxidation sites excluding steroid dienone is 3. The molecule has 0 saturated heterocycles. The highest BCUT2D eigenvalue weighted by atomic mass is 16.1. The van der Waals surface area contributed by atoms with Gasteiger partial charge in [0, 0.05) is 11.1 Å². The Morgan fingerprint density at radius 3 is 2.52 bits per heavy atom. The molecule has 2 heteroatoms. The van der Waals surface area contributed by atoms with Gasteiger partial charge >= 0.3 is 0 Å². The number of fused-ring (bicyclic) bond motifs is 1. The van der Waals surface area contributed by atoms with Crippen LogP contribution in [-0.4, -0.2) is 11.6 Å². The molecular weight excluding hydrogens is 284 g/mol. The third-order valence-electron chi connectivity index (χ3n) is 5.48. The van der Waals surface area contributed by atoms with E-state index in [0.29, 0.717) is 22.5 Å². The molecule has 0 heterocycles. The number of carbonyl (C=O) groups is 2. The first kappa shape index (κ1) is 15.9. The smallest absolute Gasteiger partial charge is 0.186 e. The zero-order chi connectivity index (χ0) is 16.6. The Kier molecular flexibility index (Phi) is 4.09. The van der Waals surface area contributed by atoms with Crippen LogP contribution in [0.5, 0.6) is 0 Å². The third-order valence-corrected chi connectivity index (χ3v) is 5.48. The first-order valence-electron chi connectivity index (χ1n) is 8.46. The molecule has 0 amide bonds. The summed E-state index contributed by atoms with van der Waals surface area (Å²) in [7, 11) is 0. The van der Waals surface area contributed by atoms with Crippen LogP contribution < -0.4 is 0 Å². The second kappa shape index (κ2) is 5.92. The van der Waals surface area contributed by atoms with Crippen LogP contribution >= 0.6 is 0 Å². The summed E-state index contributed by atoms with van der Waals surface area (Å²) in [6, 6.07) is 5.69. The fourth-order valence-corrected chi connectivity index (χ4v) is 4.07. The molecule has 1 saturated carbocycles. The number of aryl methyl sites for hydroxylation is 1. The number of hydrogen-bond donors (Lipinski definition) is 0. The van der Waals surface area contributed by atoms with Crippen LogP contribution in [0, 0.1) is 11.3 Å². The van der Waals surface area contributed by atoms with E-state index in [9.17, 15) is 9.59 Å². The quantitative estimate of drug-likeness (QED) is 0.741. The molecule has 120 valence electrons. The largest absolute Gasteiger partial charge is 0.289 e. The summed E-state index contributed by atoms with van der Waals surface area (Å²) < 4.78 is 0. The third kappa shape index (κ3) is 3.08. The fraction of sp³-hybridized carbons (Fsp3) is 0.429. The van der Waals surface area contributed by atoms with Crippen molar-refractivity contribution in [3.05, 3.63) is 59.2 Å². The molecule has 0 aromatic heterocycles. The summed E-state index contributed by atoms with van der Waals surface area (Å²) in [5.41, 5.74) is 3.89. The van der Waals surface area contributed by atoms with Crippen LogP contribution in [0.25, 0.3) is 0 Å². The van der Waals surface area contributed by atoms with Gasteiger partial charge in [-0.3, -0.25) is 9.59 Å². The predicted molar refractivity (Wildman–Crippen MR) is 92.8 cm³/mol. The molecule has 2 nitrogen and oxygen atoms in total. The number of carbonyl (C=O) groups excluding carboxylic acids is 2. The van der Waals surface area contributed by atoms with Gasteiger partial charge in [0.05, 0.1) is 0 Å². The first-order valence-corrected chi connectivity index (χ1v) is 8.46. The highest BCUT2D eigenvalue weighted by molar-refractivity contribution is 6.22. The lowest BCUT2D eigenvalue weighted by Gasteiger charge is -2.40. The molecule has 0 N–H and O–H groups in total. The summed E-state index contributed by atoms with van der Waals surface area (Å²) in [5.74, 6) is 0.390. The second-order valence-electron chi connectivity index (χ2n) is 7.53. The number of rotatable bonds is 3. The molecule has 0 unspecified atom stereocenters. The predicted octanol–water partition coefficient (Wildman–Crippen LogP) is 4.94. The van der Waals surface area contributed by atoms with Gasteiger partial charge in [-0.2, -0.15) is 0 Å². The Hall–Kier alpha value is -1.96. The van der Waals surface area contributed by atoms with Gasteiger partial charge in [-0.15, -0.1) is 0 Å². The van der Waals surface area contributed by atoms with Crippen molar-refractivity contribution in [1.29, 1.82) is 0 Å². The lowest BCUT2D eigenvalue weighted by atomic mass is 9.65. The van der Waals surface area contributed by atoms with Gasteiger partial charge in [0.2, 0.25) is 0 Å². The minimum Gasteiger partial charge on any atom is -0.289 e. The Morgan fingerprint density at radius 2 is 1.83 bits per heavy atom. The van der Waals surface area contributed by atoms with Crippen LogP contribution in [0.2, 0.25) is 0 Å². The summed E-state index contributed by atoms with van der Waals surface area (Å²) in [6.45, 7) is 8.96. The molecule has 2 aliphatic rings. The molecule has 1 aromatic carbocycles. The summed E-state index contributed by atoms with van der Waals surface area (Å²) in [5, 5.41) is 0. The van der Waals surface area contributed by atoms with E-state index in [1.54, 1.807) is 6.07 Å². The Labute approximate surface area is 138 Å². The monoisotopic (exact) mass is 308 g/mol. The molecule has 0 bridgehead atoms. The van der Waals surface area contributed by atoms with E-state index in [1.807, 2.05) is 12.1 Å². The average molecular weight is 308 g/mol. The normalized spacial score (nSPS) is 23.0. The van der Waals surface area contributed by atoms with Crippen molar-refractivity contribution in [2.75, 3.05) is 0 Å². The van der Waals surface area contributed by atoms with Crippen molar-refractivity contribution in [1.82, 2.24) is 0 Å². The molecule has 1 aromatic rings. The van der Waals surface area contributed by atoms with Crippen molar-refractivity contribution in [3.63, 3.8) is 0 Å². The highest BCUT2D eigenvalue weighted by Crippen LogP contribution is 2.45. The van der Waals surface area contributed by atoms with Crippen molar-refractivity contribution >= 4 is 11.6 Å². The molecule has 0 aliphatic heterocycles. The van der Waals surface area contributed by atoms with Crippen molar-refractivity contribution in [2.24, 2.45) is 11.3 Å². The maximum absolute atomic E-state index is 12.0. The van der Waals surface area contributed by atoms with Crippen LogP contribution in [0.4, 0.5) is 0 Å². The molecule has 1 atom stereocenters. The van der Waals surface area contributed by atoms with Gasteiger partial charge in [-0.1, -0.05) is 38.1 Å². The fourth-order valence-electron chi connectivity index (χ4n) is 4.07. The standard InChI is InChI=1S/C21H24O2/c1-14-5-4-12-21(2,3)18(14)9-7-15-6-8-16-17(13-15)20(23)11-10-19(16)22/h6,8,10-11,13,18H,1,4-5,7,9,12H2,2-3H3/t18-/m1/s1. The summed E-state index contributed by atoms with van der Waals surface area (Å²) in [4.78, 5) is 23.8. The number of ketones is 2. The van der Waals surface area contributed by atoms with Gasteiger partial charge in [0.1, 0.15) is 0 Å². The lowest BCUT2D eigenvalue weighted by Crippen LogP contribution is -2.29. The van der Waals surface area contributed by atoms with Crippen molar-refractivity contribution < 1.29 is 9.59 Å². The molecule has 3 rings (SSSR count). The topological polar surface area (TPSA) is 34.1 Å². The van der Waals surface area contributed by atoms with Gasteiger partial charge in [-0.25, -0.2) is 0 Å². The van der Waals surface area contributed by atoms with E-state index >= 15 is 0 Å². The lowest BCUT2D eigenvalue weighted by molar-refractivity contribution is 0.0994. The van der Waals surface area contributed by atoms with E-state index in [0.717, 1.165) is 24.8 Å². The van der Waals surface area contributed by atoms with Gasteiger partial charge in [0.15, 0.2) is 11.6 Å². The number of benzene rings is 1. The molecule has 0 spiro atoms. The maximum Gasteiger partial charge on any atom is 0.186 e. The van der Waals surface area contributed by atoms with Gasteiger partial charge in [0.25, 0.3) is 0 Å². The van der Waals surface area contributed by atoms with Crippen molar-refractivity contribution in [3.8, 4) is 0 Å². The Bertz CT molecular complexity index is 707. The first-order chi connectivity index (χ1) is 10.9. The minimum atomic E-state index is -0.0760. The second-order valence-corrected chi connectivity index (χ2v) is 7.53. The summed E-state index contributed by atoms with van der Waals surface area (Å²) >= 11 is 0. The number of hydrogen-bond acceptors (Lipinski definition) is 2. The zero-order valence-electron chi connectivity index (χ0n) is 14.0. The SMILES string of the molecule is C=C1CCCC(C)(C)[C@@H]1CCc1ccc2c(c1)C(=O)C=CC2=O. The van der Waals surface area contributed by atoms with Crippen LogP contribution in [0.15, 0.2) is 42.5 Å². The van der Waals surface area contributed by atoms with E-state index in [-0.39, 0.29) is 11.6 Å². The van der Waals surface area contributed by atoms with Gasteiger partial charge in [-0.05, 0) is 67.2 Å². The van der Waals surface area contributed by atoms with Gasteiger partial charge < -0.3 is 0 Å². The minimum absolute atomic E-state index is 0.0659. The van der Waals surface area contributed by atoms with E-state index < -0.39 is 0 Å². The van der Waals surface area contributed by atoms with Crippen molar-refractivity contribution in [2.45, 2.75) is 46.0 Å². The molecule has 1 fully saturated rings. The Morgan fingerprint density at radius 1 is 1.13 bits per heavy atom. The molecule has 0 radical (unpaired) electrons. The molecule has 23 heavy (non-hydrogen) atoms.